The molecule has 0 aromatic carbocycles. The Labute approximate surface area is 112 Å². The summed E-state index contributed by atoms with van der Waals surface area (Å²) in [6, 6.07) is 0. The van der Waals surface area contributed by atoms with Crippen LogP contribution in [0.2, 0.25) is 0 Å². The number of rotatable bonds is 9. The van der Waals surface area contributed by atoms with Gasteiger partial charge in [0.05, 0.1) is 0 Å². The number of nitrogens with one attached hydrogen (secondary N) is 1. The fourth-order valence-electron chi connectivity index (χ4n) is 1.89. The molecule has 0 radical (unpaired) electrons. The topological polar surface area (TPSA) is 56.9 Å². The summed E-state index contributed by atoms with van der Waals surface area (Å²) in [5.41, 5.74) is 2.72. The van der Waals surface area contributed by atoms with Crippen molar-refractivity contribution >= 4 is 5.96 Å². The lowest BCUT2D eigenvalue weighted by molar-refractivity contribution is 0.282. The Morgan fingerprint density at radius 2 is 1.72 bits per heavy atom. The molecule has 5 nitrogen and oxygen atoms in total. The van der Waals surface area contributed by atoms with Crippen LogP contribution in [0.15, 0.2) is 4.99 Å². The molecular formula is C13H31N5. The molecule has 0 fully saturated rings. The summed E-state index contributed by atoms with van der Waals surface area (Å²) in [7, 11) is 0. The summed E-state index contributed by atoms with van der Waals surface area (Å²) >= 11 is 0. The molecule has 0 aromatic heterocycles. The van der Waals surface area contributed by atoms with Crippen LogP contribution in [0, 0.1) is 0 Å². The maximum absolute atomic E-state index is 5.54. The molecule has 0 unspecified atom stereocenters. The number of nitrogens with two attached hydrogens (primary N) is 1. The standard InChI is InChI=1S/C13H31N5/c1-5-10-15-13(16-14)18(8-4)12-9-11-17(6-2)7-3/h5-12,14H2,1-4H3,(H,15,16). The number of nitrogens with zero attached hydrogens (tertiary/aromatic N) is 3. The van der Waals surface area contributed by atoms with E-state index in [2.05, 4.69) is 47.9 Å². The molecule has 18 heavy (non-hydrogen) atoms. The zero-order chi connectivity index (χ0) is 13.8. The SMILES string of the molecule is CCCN=C(NN)N(CC)CCCN(CC)CC. The summed E-state index contributed by atoms with van der Waals surface area (Å²) < 4.78 is 0. The summed E-state index contributed by atoms with van der Waals surface area (Å²) in [4.78, 5) is 9.11. The van der Waals surface area contributed by atoms with Gasteiger partial charge in [-0.1, -0.05) is 20.8 Å². The lowest BCUT2D eigenvalue weighted by Crippen LogP contribution is -2.45. The van der Waals surface area contributed by atoms with Gasteiger partial charge in [0.25, 0.3) is 0 Å². The fourth-order valence-corrected chi connectivity index (χ4v) is 1.89. The van der Waals surface area contributed by atoms with Gasteiger partial charge >= 0.3 is 0 Å². The lowest BCUT2D eigenvalue weighted by atomic mass is 10.3. The van der Waals surface area contributed by atoms with Crippen molar-refractivity contribution < 1.29 is 0 Å². The predicted octanol–water partition coefficient (Wildman–Crippen LogP) is 1.27. The molecule has 0 rings (SSSR count). The zero-order valence-corrected chi connectivity index (χ0v) is 12.6. The van der Waals surface area contributed by atoms with Crippen molar-refractivity contribution in [2.24, 2.45) is 10.8 Å². The first-order valence-electron chi connectivity index (χ1n) is 7.21. The largest absolute Gasteiger partial charge is 0.342 e. The maximum atomic E-state index is 5.54. The van der Waals surface area contributed by atoms with Crippen molar-refractivity contribution in [3.05, 3.63) is 0 Å². The molecule has 0 atom stereocenters. The number of aliphatic imine (C=N–C) groups is 1. The maximum Gasteiger partial charge on any atom is 0.208 e. The second-order valence-corrected chi connectivity index (χ2v) is 4.31. The molecule has 0 heterocycles. The van der Waals surface area contributed by atoms with Crippen molar-refractivity contribution in [1.29, 1.82) is 0 Å². The summed E-state index contributed by atoms with van der Waals surface area (Å²) in [6.45, 7) is 14.8. The van der Waals surface area contributed by atoms with Crippen molar-refractivity contribution in [2.75, 3.05) is 39.3 Å². The minimum absolute atomic E-state index is 0.818. The van der Waals surface area contributed by atoms with Crippen molar-refractivity contribution in [2.45, 2.75) is 40.5 Å². The van der Waals surface area contributed by atoms with Crippen LogP contribution >= 0.6 is 0 Å². The fraction of sp³-hybridized carbons (Fsp3) is 0.923. The number of hydrogen-bond acceptors (Lipinski definition) is 3. The molecular weight excluding hydrogens is 226 g/mol. The molecule has 5 heteroatoms. The highest BCUT2D eigenvalue weighted by Crippen LogP contribution is 1.97. The van der Waals surface area contributed by atoms with Gasteiger partial charge in [-0.25, -0.2) is 5.84 Å². The Hall–Kier alpha value is -0.810. The Kier molecular flexibility index (Phi) is 10.8. The summed E-state index contributed by atoms with van der Waals surface area (Å²) in [6.07, 6.45) is 2.19. The quantitative estimate of drug-likeness (QED) is 0.283. The minimum Gasteiger partial charge on any atom is -0.342 e. The molecule has 0 aliphatic rings. The predicted molar refractivity (Wildman–Crippen MR) is 79.6 cm³/mol. The molecule has 0 saturated carbocycles. The van der Waals surface area contributed by atoms with Crippen LogP contribution in [0.25, 0.3) is 0 Å². The first-order chi connectivity index (χ1) is 8.73. The molecule has 0 bridgehead atoms. The van der Waals surface area contributed by atoms with E-state index < -0.39 is 0 Å². The minimum atomic E-state index is 0.818. The molecule has 108 valence electrons. The van der Waals surface area contributed by atoms with Gasteiger partial charge in [0.1, 0.15) is 0 Å². The Balaban J connectivity index is 4.15. The second-order valence-electron chi connectivity index (χ2n) is 4.31. The van der Waals surface area contributed by atoms with Crippen LogP contribution in [-0.4, -0.2) is 55.0 Å². The van der Waals surface area contributed by atoms with E-state index in [0.29, 0.717) is 0 Å². The number of guanidine groups is 1. The second kappa shape index (κ2) is 11.3. The van der Waals surface area contributed by atoms with E-state index in [1.807, 2.05) is 0 Å². The summed E-state index contributed by atoms with van der Waals surface area (Å²) in [5.74, 6) is 6.36. The summed E-state index contributed by atoms with van der Waals surface area (Å²) in [5, 5.41) is 0. The highest BCUT2D eigenvalue weighted by atomic mass is 15.4. The van der Waals surface area contributed by atoms with Crippen LogP contribution in [0.3, 0.4) is 0 Å². The molecule has 0 aliphatic carbocycles. The van der Waals surface area contributed by atoms with E-state index in [1.165, 1.54) is 0 Å². The third kappa shape index (κ3) is 6.81. The van der Waals surface area contributed by atoms with E-state index in [9.17, 15) is 0 Å². The third-order valence-electron chi connectivity index (χ3n) is 3.09. The van der Waals surface area contributed by atoms with E-state index in [1.54, 1.807) is 0 Å². The van der Waals surface area contributed by atoms with Crippen LogP contribution in [0.5, 0.6) is 0 Å². The molecule has 0 saturated heterocycles. The molecule has 0 spiro atoms. The van der Waals surface area contributed by atoms with Crippen LogP contribution in [-0.2, 0) is 0 Å². The Bertz CT molecular complexity index is 213. The molecule has 0 amide bonds. The zero-order valence-electron chi connectivity index (χ0n) is 12.6. The number of hydrazine groups is 1. The van der Waals surface area contributed by atoms with Crippen LogP contribution in [0.4, 0.5) is 0 Å². The van der Waals surface area contributed by atoms with Gasteiger partial charge in [-0.2, -0.15) is 0 Å². The van der Waals surface area contributed by atoms with E-state index >= 15 is 0 Å². The highest BCUT2D eigenvalue weighted by molar-refractivity contribution is 5.79. The van der Waals surface area contributed by atoms with Gasteiger partial charge in [0, 0.05) is 19.6 Å². The van der Waals surface area contributed by atoms with Crippen molar-refractivity contribution in [1.82, 2.24) is 15.2 Å². The molecule has 3 N–H and O–H groups in total. The van der Waals surface area contributed by atoms with E-state index in [-0.39, 0.29) is 0 Å². The molecule has 0 aromatic rings. The van der Waals surface area contributed by atoms with Gasteiger partial charge in [0.2, 0.25) is 5.96 Å². The Morgan fingerprint density at radius 3 is 2.17 bits per heavy atom. The number of hydrogen-bond donors (Lipinski definition) is 2. The van der Waals surface area contributed by atoms with Crippen LogP contribution in [0.1, 0.15) is 40.5 Å². The van der Waals surface area contributed by atoms with Gasteiger partial charge in [0.15, 0.2) is 0 Å². The van der Waals surface area contributed by atoms with Gasteiger partial charge in [-0.05, 0) is 39.4 Å². The van der Waals surface area contributed by atoms with Gasteiger partial charge in [-0.3, -0.25) is 10.4 Å². The normalized spacial score (nSPS) is 12.0. The first kappa shape index (κ1) is 17.2. The van der Waals surface area contributed by atoms with Crippen molar-refractivity contribution in [3.8, 4) is 0 Å². The Morgan fingerprint density at radius 1 is 1.06 bits per heavy atom. The van der Waals surface area contributed by atoms with E-state index in [0.717, 1.165) is 58.1 Å². The highest BCUT2D eigenvalue weighted by Gasteiger charge is 2.08. The average Bonchev–Trinajstić information content (AvgIpc) is 2.41. The van der Waals surface area contributed by atoms with Crippen molar-refractivity contribution in [3.63, 3.8) is 0 Å². The van der Waals surface area contributed by atoms with Crippen LogP contribution < -0.4 is 11.3 Å². The van der Waals surface area contributed by atoms with E-state index in [4.69, 9.17) is 5.84 Å². The third-order valence-corrected chi connectivity index (χ3v) is 3.09. The first-order valence-corrected chi connectivity index (χ1v) is 7.21. The monoisotopic (exact) mass is 257 g/mol. The van der Waals surface area contributed by atoms with Gasteiger partial charge < -0.3 is 9.80 Å². The molecule has 0 aliphatic heterocycles. The smallest absolute Gasteiger partial charge is 0.208 e. The van der Waals surface area contributed by atoms with Gasteiger partial charge in [-0.15, -0.1) is 0 Å². The lowest BCUT2D eigenvalue weighted by Gasteiger charge is -2.25. The average molecular weight is 257 g/mol.